The lowest BCUT2D eigenvalue weighted by atomic mass is 9.77. The third kappa shape index (κ3) is 5.11. The second kappa shape index (κ2) is 7.05. The van der Waals surface area contributed by atoms with Gasteiger partial charge in [-0.1, -0.05) is 39.5 Å². The first-order valence-corrected chi connectivity index (χ1v) is 6.75. The van der Waals surface area contributed by atoms with Gasteiger partial charge in [0, 0.05) is 0 Å². The van der Waals surface area contributed by atoms with E-state index in [9.17, 15) is 9.90 Å². The van der Waals surface area contributed by atoms with E-state index in [1.807, 2.05) is 0 Å². The molecule has 1 aliphatic carbocycles. The van der Waals surface area contributed by atoms with E-state index in [0.29, 0.717) is 12.7 Å². The molecule has 0 saturated heterocycles. The fourth-order valence-electron chi connectivity index (χ4n) is 2.90. The fraction of sp³-hybridized carbons (Fsp3) is 0.929. The largest absolute Gasteiger partial charge is 0.386 e. The quantitative estimate of drug-likeness (QED) is 0.706. The number of rotatable bonds is 6. The van der Waals surface area contributed by atoms with Crippen LogP contribution in [0.5, 0.6) is 0 Å². The average Bonchev–Trinajstić information content (AvgIpc) is 2.27. The predicted octanol–water partition coefficient (Wildman–Crippen LogP) is 3.18. The highest BCUT2D eigenvalue weighted by molar-refractivity contribution is 5.55. The van der Waals surface area contributed by atoms with Crippen molar-refractivity contribution in [3.63, 3.8) is 0 Å². The monoisotopic (exact) mass is 226 g/mol. The van der Waals surface area contributed by atoms with Crippen molar-refractivity contribution in [2.24, 2.45) is 17.8 Å². The van der Waals surface area contributed by atoms with E-state index in [2.05, 4.69) is 13.8 Å². The number of aldehydes is 1. The number of aliphatic hydroxyl groups excluding tert-OH is 1. The molecule has 0 aromatic heterocycles. The molecule has 2 nitrogen and oxygen atoms in total. The molecule has 0 aromatic carbocycles. The highest BCUT2D eigenvalue weighted by Gasteiger charge is 2.22. The summed E-state index contributed by atoms with van der Waals surface area (Å²) in [5, 5.41) is 9.19. The lowest BCUT2D eigenvalue weighted by Crippen LogP contribution is -2.18. The minimum absolute atomic E-state index is 0.656. The minimum atomic E-state index is -0.728. The molecule has 1 atom stereocenters. The maximum atomic E-state index is 10.3. The van der Waals surface area contributed by atoms with Gasteiger partial charge in [0.05, 0.1) is 0 Å². The molecule has 16 heavy (non-hydrogen) atoms. The molecule has 0 aromatic rings. The average molecular weight is 226 g/mol. The third-order valence-corrected chi connectivity index (χ3v) is 3.80. The standard InChI is InChI=1S/C14H26O2/c1-11(2)9-13-5-3-12(4-6-13)7-8-14(16)10-15/h10-14,16H,3-9H2,1-2H3/t12-,13+,14?. The molecule has 1 aliphatic rings. The summed E-state index contributed by atoms with van der Waals surface area (Å²) in [6.07, 6.45) is 8.26. The van der Waals surface area contributed by atoms with Crippen molar-refractivity contribution in [3.05, 3.63) is 0 Å². The molecule has 0 bridgehead atoms. The van der Waals surface area contributed by atoms with Crippen molar-refractivity contribution in [3.8, 4) is 0 Å². The van der Waals surface area contributed by atoms with E-state index < -0.39 is 6.10 Å². The predicted molar refractivity (Wildman–Crippen MR) is 66.2 cm³/mol. The molecule has 1 unspecified atom stereocenters. The molecule has 0 heterocycles. The molecule has 2 heteroatoms. The van der Waals surface area contributed by atoms with E-state index >= 15 is 0 Å². The van der Waals surface area contributed by atoms with Gasteiger partial charge in [0.15, 0.2) is 0 Å². The second-order valence-corrected chi connectivity index (χ2v) is 5.80. The highest BCUT2D eigenvalue weighted by atomic mass is 16.3. The van der Waals surface area contributed by atoms with Crippen molar-refractivity contribution in [2.45, 2.75) is 64.9 Å². The zero-order valence-corrected chi connectivity index (χ0v) is 10.7. The number of carbonyl (C=O) groups is 1. The Morgan fingerprint density at radius 2 is 1.75 bits per heavy atom. The van der Waals surface area contributed by atoms with Crippen LogP contribution in [0.2, 0.25) is 0 Å². The number of aliphatic hydroxyl groups is 1. The normalized spacial score (nSPS) is 28.0. The first kappa shape index (κ1) is 13.7. The van der Waals surface area contributed by atoms with Crippen LogP contribution in [0.15, 0.2) is 0 Å². The second-order valence-electron chi connectivity index (χ2n) is 5.80. The van der Waals surface area contributed by atoms with Crippen LogP contribution in [-0.2, 0) is 4.79 Å². The van der Waals surface area contributed by atoms with Crippen LogP contribution in [0, 0.1) is 17.8 Å². The number of hydrogen-bond donors (Lipinski definition) is 1. The van der Waals surface area contributed by atoms with Gasteiger partial charge in [-0.25, -0.2) is 0 Å². The summed E-state index contributed by atoms with van der Waals surface area (Å²) in [7, 11) is 0. The van der Waals surface area contributed by atoms with Crippen LogP contribution in [0.4, 0.5) is 0 Å². The fourth-order valence-corrected chi connectivity index (χ4v) is 2.90. The van der Waals surface area contributed by atoms with E-state index in [1.165, 1.54) is 32.1 Å². The lowest BCUT2D eigenvalue weighted by molar-refractivity contribution is -0.115. The summed E-state index contributed by atoms with van der Waals surface area (Å²) >= 11 is 0. The smallest absolute Gasteiger partial charge is 0.148 e. The van der Waals surface area contributed by atoms with Crippen LogP contribution in [-0.4, -0.2) is 17.5 Å². The van der Waals surface area contributed by atoms with Gasteiger partial charge in [0.1, 0.15) is 12.4 Å². The van der Waals surface area contributed by atoms with Gasteiger partial charge in [0.2, 0.25) is 0 Å². The Hall–Kier alpha value is -0.370. The summed E-state index contributed by atoms with van der Waals surface area (Å²) in [4.78, 5) is 10.3. The summed E-state index contributed by atoms with van der Waals surface area (Å²) in [6, 6.07) is 0. The summed E-state index contributed by atoms with van der Waals surface area (Å²) in [5.74, 6) is 2.49. The van der Waals surface area contributed by atoms with E-state index in [-0.39, 0.29) is 0 Å². The maximum Gasteiger partial charge on any atom is 0.148 e. The summed E-state index contributed by atoms with van der Waals surface area (Å²) in [6.45, 7) is 4.60. The third-order valence-electron chi connectivity index (χ3n) is 3.80. The SMILES string of the molecule is CC(C)C[C@H]1CC[C@@H](CCC(O)C=O)CC1. The topological polar surface area (TPSA) is 37.3 Å². The van der Waals surface area contributed by atoms with E-state index in [1.54, 1.807) is 0 Å². The molecule has 1 fully saturated rings. The van der Waals surface area contributed by atoms with Crippen LogP contribution in [0.3, 0.4) is 0 Å². The van der Waals surface area contributed by atoms with Crippen LogP contribution in [0.25, 0.3) is 0 Å². The first-order chi connectivity index (χ1) is 7.61. The zero-order valence-electron chi connectivity index (χ0n) is 10.7. The van der Waals surface area contributed by atoms with Gasteiger partial charge in [-0.2, -0.15) is 0 Å². The molecule has 1 N–H and O–H groups in total. The van der Waals surface area contributed by atoms with Gasteiger partial charge in [0.25, 0.3) is 0 Å². The maximum absolute atomic E-state index is 10.3. The molecular weight excluding hydrogens is 200 g/mol. The Kier molecular flexibility index (Phi) is 6.04. The van der Waals surface area contributed by atoms with Gasteiger partial charge in [-0.3, -0.25) is 0 Å². The van der Waals surface area contributed by atoms with Crippen molar-refractivity contribution in [2.75, 3.05) is 0 Å². The summed E-state index contributed by atoms with van der Waals surface area (Å²) < 4.78 is 0. The zero-order chi connectivity index (χ0) is 12.0. The van der Waals surface area contributed by atoms with Crippen molar-refractivity contribution >= 4 is 6.29 Å². The van der Waals surface area contributed by atoms with Crippen molar-refractivity contribution in [1.82, 2.24) is 0 Å². The Balaban J connectivity index is 2.14. The van der Waals surface area contributed by atoms with Crippen LogP contribution < -0.4 is 0 Å². The number of carbonyl (C=O) groups excluding carboxylic acids is 1. The minimum Gasteiger partial charge on any atom is -0.386 e. The summed E-state index contributed by atoms with van der Waals surface area (Å²) in [5.41, 5.74) is 0. The van der Waals surface area contributed by atoms with Crippen molar-refractivity contribution < 1.29 is 9.90 Å². The van der Waals surface area contributed by atoms with Gasteiger partial charge >= 0.3 is 0 Å². The Labute approximate surface area is 99.4 Å². The van der Waals surface area contributed by atoms with Gasteiger partial charge in [-0.05, 0) is 37.0 Å². The lowest BCUT2D eigenvalue weighted by Gasteiger charge is -2.29. The van der Waals surface area contributed by atoms with Gasteiger partial charge in [-0.15, -0.1) is 0 Å². The molecule has 1 saturated carbocycles. The van der Waals surface area contributed by atoms with Crippen LogP contribution >= 0.6 is 0 Å². The molecule has 1 rings (SSSR count). The van der Waals surface area contributed by atoms with E-state index in [4.69, 9.17) is 0 Å². The Bertz CT molecular complexity index is 193. The molecular formula is C14H26O2. The molecule has 0 spiro atoms. The molecule has 94 valence electrons. The van der Waals surface area contributed by atoms with Crippen molar-refractivity contribution in [1.29, 1.82) is 0 Å². The molecule has 0 aliphatic heterocycles. The molecule has 0 radical (unpaired) electrons. The Morgan fingerprint density at radius 1 is 1.19 bits per heavy atom. The highest BCUT2D eigenvalue weighted by Crippen LogP contribution is 2.34. The number of hydrogen-bond acceptors (Lipinski definition) is 2. The van der Waals surface area contributed by atoms with Gasteiger partial charge < -0.3 is 9.90 Å². The van der Waals surface area contributed by atoms with E-state index in [0.717, 1.165) is 24.2 Å². The van der Waals surface area contributed by atoms with Crippen LogP contribution in [0.1, 0.15) is 58.8 Å². The molecule has 0 amide bonds. The Morgan fingerprint density at radius 3 is 2.25 bits per heavy atom. The first-order valence-electron chi connectivity index (χ1n) is 6.75.